The van der Waals surface area contributed by atoms with Crippen molar-refractivity contribution in [3.63, 3.8) is 0 Å². The van der Waals surface area contributed by atoms with E-state index in [1.807, 2.05) is 0 Å². The van der Waals surface area contributed by atoms with Crippen molar-refractivity contribution in [1.29, 1.82) is 0 Å². The Hall–Kier alpha value is -2.72. The quantitative estimate of drug-likeness (QED) is 0.515. The molecular weight excluding hydrogens is 340 g/mol. The minimum absolute atomic E-state index is 0.0257. The second kappa shape index (κ2) is 8.40. The maximum atomic E-state index is 12.2. The van der Waals surface area contributed by atoms with E-state index in [-0.39, 0.29) is 43.7 Å². The summed E-state index contributed by atoms with van der Waals surface area (Å²) in [5, 5.41) is 30.2. The number of carbonyl (C=O) groups is 1. The minimum Gasteiger partial charge on any atom is -0.504 e. The van der Waals surface area contributed by atoms with Gasteiger partial charge < -0.3 is 25.0 Å². The number of hydrogen-bond acceptors (Lipinski definition) is 7. The van der Waals surface area contributed by atoms with Gasteiger partial charge in [0, 0.05) is 13.1 Å². The molecule has 1 amide bonds. The van der Waals surface area contributed by atoms with Gasteiger partial charge >= 0.3 is 6.61 Å². The molecular formula is C15H17F2N3O5. The summed E-state index contributed by atoms with van der Waals surface area (Å²) in [6.45, 7) is -3.09. The lowest BCUT2D eigenvalue weighted by Gasteiger charge is -2.21. The molecule has 0 fully saturated rings. The van der Waals surface area contributed by atoms with Gasteiger partial charge in [0.05, 0.1) is 13.2 Å². The van der Waals surface area contributed by atoms with Crippen LogP contribution in [0.5, 0.6) is 11.5 Å². The van der Waals surface area contributed by atoms with Crippen LogP contribution in [0.3, 0.4) is 0 Å². The van der Waals surface area contributed by atoms with Crippen LogP contribution in [0.4, 0.5) is 8.78 Å². The van der Waals surface area contributed by atoms with Crippen LogP contribution in [0.1, 0.15) is 5.56 Å². The predicted octanol–water partition coefficient (Wildman–Crippen LogP) is 0.107. The Kier molecular flexibility index (Phi) is 6.25. The number of aliphatic hydroxyl groups excluding tert-OH is 2. The highest BCUT2D eigenvalue weighted by molar-refractivity contribution is 6.13. The Bertz CT molecular complexity index is 688. The maximum Gasteiger partial charge on any atom is 0.387 e. The van der Waals surface area contributed by atoms with Gasteiger partial charge in [0.1, 0.15) is 5.70 Å². The number of rotatable bonds is 7. The lowest BCUT2D eigenvalue weighted by molar-refractivity contribution is -0.115. The molecule has 25 heavy (non-hydrogen) atoms. The van der Waals surface area contributed by atoms with Gasteiger partial charge in [0.15, 0.2) is 11.5 Å². The third-order valence-electron chi connectivity index (χ3n) is 3.23. The van der Waals surface area contributed by atoms with Crippen molar-refractivity contribution in [2.24, 2.45) is 4.99 Å². The second-order valence-corrected chi connectivity index (χ2v) is 4.96. The molecule has 1 heterocycles. The van der Waals surface area contributed by atoms with Gasteiger partial charge in [-0.05, 0) is 23.8 Å². The summed E-state index contributed by atoms with van der Waals surface area (Å²) in [7, 11) is 0. The van der Waals surface area contributed by atoms with Crippen molar-refractivity contribution >= 4 is 17.9 Å². The molecule has 1 aromatic carbocycles. The average molecular weight is 357 g/mol. The van der Waals surface area contributed by atoms with E-state index in [1.165, 1.54) is 17.0 Å². The molecule has 0 aromatic heterocycles. The molecule has 0 spiro atoms. The van der Waals surface area contributed by atoms with E-state index in [4.69, 9.17) is 10.2 Å². The van der Waals surface area contributed by atoms with Gasteiger partial charge in [-0.25, -0.2) is 4.99 Å². The molecule has 1 aromatic rings. The van der Waals surface area contributed by atoms with Gasteiger partial charge in [0.2, 0.25) is 5.96 Å². The van der Waals surface area contributed by atoms with Crippen LogP contribution in [0.25, 0.3) is 6.08 Å². The van der Waals surface area contributed by atoms with Gasteiger partial charge in [-0.3, -0.25) is 10.1 Å². The van der Waals surface area contributed by atoms with Crippen molar-refractivity contribution in [1.82, 2.24) is 10.2 Å². The Balaban J connectivity index is 2.22. The van der Waals surface area contributed by atoms with Crippen LogP contribution in [0.15, 0.2) is 28.9 Å². The Morgan fingerprint density at radius 2 is 1.96 bits per heavy atom. The number of aromatic hydroxyl groups is 1. The number of phenols is 1. The highest BCUT2D eigenvalue weighted by Crippen LogP contribution is 2.29. The fourth-order valence-electron chi connectivity index (χ4n) is 2.15. The lowest BCUT2D eigenvalue weighted by Crippen LogP contribution is -2.43. The molecule has 0 aliphatic carbocycles. The molecule has 0 bridgehead atoms. The summed E-state index contributed by atoms with van der Waals surface area (Å²) in [4.78, 5) is 17.6. The second-order valence-electron chi connectivity index (χ2n) is 4.96. The molecule has 136 valence electrons. The molecule has 1 aliphatic rings. The SMILES string of the molecule is O=C1NC(N(CCO)CCO)=N/C1=C\c1ccc(OC(F)F)c(O)c1. The molecule has 0 radical (unpaired) electrons. The van der Waals surface area contributed by atoms with Gasteiger partial charge in [-0.2, -0.15) is 8.78 Å². The summed E-state index contributed by atoms with van der Waals surface area (Å²) in [6, 6.07) is 3.68. The summed E-state index contributed by atoms with van der Waals surface area (Å²) in [6.07, 6.45) is 1.35. The highest BCUT2D eigenvalue weighted by Gasteiger charge is 2.24. The lowest BCUT2D eigenvalue weighted by atomic mass is 10.1. The largest absolute Gasteiger partial charge is 0.504 e. The first kappa shape index (κ1) is 18.6. The predicted molar refractivity (Wildman–Crippen MR) is 84.0 cm³/mol. The smallest absolute Gasteiger partial charge is 0.387 e. The number of phenolic OH excluding ortho intramolecular Hbond substituents is 1. The van der Waals surface area contributed by atoms with Crippen molar-refractivity contribution < 1.29 is 33.6 Å². The van der Waals surface area contributed by atoms with E-state index >= 15 is 0 Å². The zero-order chi connectivity index (χ0) is 18.4. The molecule has 2 rings (SSSR count). The van der Waals surface area contributed by atoms with Crippen LogP contribution in [0, 0.1) is 0 Å². The van der Waals surface area contributed by atoms with Crippen LogP contribution >= 0.6 is 0 Å². The van der Waals surface area contributed by atoms with Crippen LogP contribution in [-0.4, -0.2) is 65.0 Å². The number of carbonyl (C=O) groups excluding carboxylic acids is 1. The number of guanidine groups is 1. The molecule has 1 aliphatic heterocycles. The number of alkyl halides is 2. The number of halogens is 2. The first-order valence-corrected chi connectivity index (χ1v) is 7.31. The van der Waals surface area contributed by atoms with E-state index in [9.17, 15) is 18.7 Å². The number of aliphatic hydroxyl groups is 2. The first-order valence-electron chi connectivity index (χ1n) is 7.31. The molecule has 0 saturated heterocycles. The summed E-state index contributed by atoms with van der Waals surface area (Å²) >= 11 is 0. The maximum absolute atomic E-state index is 12.2. The number of hydrogen-bond donors (Lipinski definition) is 4. The summed E-state index contributed by atoms with van der Waals surface area (Å²) < 4.78 is 28.5. The number of nitrogens with one attached hydrogen (secondary N) is 1. The Morgan fingerprint density at radius 3 is 2.52 bits per heavy atom. The van der Waals surface area contributed by atoms with Crippen LogP contribution < -0.4 is 10.1 Å². The van der Waals surface area contributed by atoms with Crippen molar-refractivity contribution in [3.05, 3.63) is 29.5 Å². The van der Waals surface area contributed by atoms with E-state index < -0.39 is 18.3 Å². The zero-order valence-corrected chi connectivity index (χ0v) is 13.0. The van der Waals surface area contributed by atoms with Gasteiger partial charge in [-0.15, -0.1) is 0 Å². The molecule has 8 nitrogen and oxygen atoms in total. The Labute approximate surface area is 141 Å². The molecule has 4 N–H and O–H groups in total. The van der Waals surface area contributed by atoms with Gasteiger partial charge in [0.25, 0.3) is 5.91 Å². The topological polar surface area (TPSA) is 115 Å². The van der Waals surface area contributed by atoms with Crippen LogP contribution in [-0.2, 0) is 4.79 Å². The number of amides is 1. The fraction of sp³-hybridized carbons (Fsp3) is 0.333. The van der Waals surface area contributed by atoms with E-state index in [0.717, 1.165) is 12.1 Å². The average Bonchev–Trinajstić information content (AvgIpc) is 2.90. The number of nitrogens with zero attached hydrogens (tertiary/aromatic N) is 2. The Morgan fingerprint density at radius 1 is 1.28 bits per heavy atom. The van der Waals surface area contributed by atoms with Crippen molar-refractivity contribution in [3.8, 4) is 11.5 Å². The van der Waals surface area contributed by atoms with E-state index in [0.29, 0.717) is 5.56 Å². The zero-order valence-electron chi connectivity index (χ0n) is 13.0. The molecule has 0 atom stereocenters. The summed E-state index contributed by atoms with van der Waals surface area (Å²) in [5.41, 5.74) is 0.378. The van der Waals surface area contributed by atoms with Gasteiger partial charge in [-0.1, -0.05) is 6.07 Å². The van der Waals surface area contributed by atoms with Crippen molar-refractivity contribution in [2.45, 2.75) is 6.61 Å². The van der Waals surface area contributed by atoms with Crippen LogP contribution in [0.2, 0.25) is 0 Å². The molecule has 0 saturated carbocycles. The fourth-order valence-corrected chi connectivity index (χ4v) is 2.15. The molecule has 10 heteroatoms. The highest BCUT2D eigenvalue weighted by atomic mass is 19.3. The third-order valence-corrected chi connectivity index (χ3v) is 3.23. The number of ether oxygens (including phenoxy) is 1. The minimum atomic E-state index is -3.06. The first-order chi connectivity index (χ1) is 11.9. The van der Waals surface area contributed by atoms with E-state index in [1.54, 1.807) is 0 Å². The number of aliphatic imine (C=N–C) groups is 1. The number of benzene rings is 1. The van der Waals surface area contributed by atoms with E-state index in [2.05, 4.69) is 15.0 Å². The summed E-state index contributed by atoms with van der Waals surface area (Å²) in [5.74, 6) is -1.21. The third kappa shape index (κ3) is 4.88. The normalized spacial score (nSPS) is 15.5. The molecule has 0 unspecified atom stereocenters. The standard InChI is InChI=1S/C15H17F2N3O5/c16-14(17)25-12-2-1-9(8-11(12)23)7-10-13(24)19-15(18-10)20(3-5-21)4-6-22/h1-2,7-8,14,21-23H,3-6H2,(H,18,19,24)/b10-7-. The van der Waals surface area contributed by atoms with Crippen molar-refractivity contribution in [2.75, 3.05) is 26.3 Å². The monoisotopic (exact) mass is 357 g/mol.